The molecular formula is C19H16N4O. The normalized spacial score (nSPS) is 9.88. The number of hydrogen-bond donors (Lipinski definition) is 1. The van der Waals surface area contributed by atoms with Crippen molar-refractivity contribution in [1.82, 2.24) is 20.1 Å². The molecule has 5 nitrogen and oxygen atoms in total. The van der Waals surface area contributed by atoms with Crippen LogP contribution in [-0.2, 0) is 0 Å². The Labute approximate surface area is 140 Å². The van der Waals surface area contributed by atoms with Gasteiger partial charge in [-0.3, -0.25) is 4.79 Å². The van der Waals surface area contributed by atoms with Crippen LogP contribution >= 0.6 is 0 Å². The molecular weight excluding hydrogens is 300 g/mol. The van der Waals surface area contributed by atoms with Gasteiger partial charge in [0.25, 0.3) is 5.91 Å². The number of benzene rings is 1. The summed E-state index contributed by atoms with van der Waals surface area (Å²) in [4.78, 5) is 16.3. The SMILES string of the molecule is CCNC(=O)c1ccc(-n2cccn2)c(C#Cc2ccccn2)c1. The van der Waals surface area contributed by atoms with Crippen LogP contribution in [-0.4, -0.2) is 27.2 Å². The Bertz CT molecular complexity index is 890. The summed E-state index contributed by atoms with van der Waals surface area (Å²) in [6.07, 6.45) is 5.24. The number of aromatic nitrogens is 3. The average molecular weight is 316 g/mol. The van der Waals surface area contributed by atoms with Crippen molar-refractivity contribution < 1.29 is 4.79 Å². The van der Waals surface area contributed by atoms with Crippen LogP contribution < -0.4 is 5.32 Å². The van der Waals surface area contributed by atoms with Crippen molar-refractivity contribution in [3.8, 4) is 17.5 Å². The van der Waals surface area contributed by atoms with Crippen molar-refractivity contribution in [1.29, 1.82) is 0 Å². The summed E-state index contributed by atoms with van der Waals surface area (Å²) in [6.45, 7) is 2.46. The molecule has 0 aliphatic rings. The Morgan fingerprint density at radius 3 is 2.79 bits per heavy atom. The third-order valence-corrected chi connectivity index (χ3v) is 3.34. The first-order valence-electron chi connectivity index (χ1n) is 7.63. The highest BCUT2D eigenvalue weighted by Crippen LogP contribution is 2.15. The Kier molecular flexibility index (Phi) is 4.68. The van der Waals surface area contributed by atoms with E-state index < -0.39 is 0 Å². The van der Waals surface area contributed by atoms with Gasteiger partial charge >= 0.3 is 0 Å². The zero-order chi connectivity index (χ0) is 16.8. The predicted molar refractivity (Wildman–Crippen MR) is 91.8 cm³/mol. The number of carbonyl (C=O) groups is 1. The molecule has 24 heavy (non-hydrogen) atoms. The molecule has 1 N–H and O–H groups in total. The fourth-order valence-electron chi connectivity index (χ4n) is 2.22. The molecule has 1 aromatic carbocycles. The van der Waals surface area contributed by atoms with Gasteiger partial charge in [-0.1, -0.05) is 12.0 Å². The number of pyridine rings is 1. The smallest absolute Gasteiger partial charge is 0.251 e. The van der Waals surface area contributed by atoms with Crippen molar-refractivity contribution in [3.63, 3.8) is 0 Å². The van der Waals surface area contributed by atoms with Crippen LogP contribution in [0.1, 0.15) is 28.5 Å². The lowest BCUT2D eigenvalue weighted by Gasteiger charge is -2.08. The van der Waals surface area contributed by atoms with Gasteiger partial charge < -0.3 is 5.32 Å². The minimum atomic E-state index is -0.120. The van der Waals surface area contributed by atoms with E-state index in [1.54, 1.807) is 29.2 Å². The van der Waals surface area contributed by atoms with E-state index in [0.717, 1.165) is 5.69 Å². The highest BCUT2D eigenvalue weighted by Gasteiger charge is 2.09. The molecule has 0 radical (unpaired) electrons. The van der Waals surface area contributed by atoms with Gasteiger partial charge in [0.2, 0.25) is 0 Å². The second-order valence-electron chi connectivity index (χ2n) is 5.01. The number of nitrogens with one attached hydrogen (secondary N) is 1. The van der Waals surface area contributed by atoms with E-state index >= 15 is 0 Å². The second-order valence-corrected chi connectivity index (χ2v) is 5.01. The lowest BCUT2D eigenvalue weighted by Crippen LogP contribution is -2.22. The maximum atomic E-state index is 12.1. The first-order chi connectivity index (χ1) is 11.8. The Hall–Kier alpha value is -3.39. The van der Waals surface area contributed by atoms with Crippen LogP contribution in [0.15, 0.2) is 61.1 Å². The summed E-state index contributed by atoms with van der Waals surface area (Å²) in [7, 11) is 0. The maximum Gasteiger partial charge on any atom is 0.251 e. The summed E-state index contributed by atoms with van der Waals surface area (Å²) < 4.78 is 1.73. The quantitative estimate of drug-likeness (QED) is 0.755. The molecule has 0 saturated heterocycles. The number of carbonyl (C=O) groups excluding carboxylic acids is 1. The lowest BCUT2D eigenvalue weighted by molar-refractivity contribution is 0.0956. The lowest BCUT2D eigenvalue weighted by atomic mass is 10.1. The number of rotatable bonds is 3. The van der Waals surface area contributed by atoms with Gasteiger partial charge in [0, 0.05) is 30.7 Å². The van der Waals surface area contributed by atoms with Gasteiger partial charge in [-0.15, -0.1) is 0 Å². The van der Waals surface area contributed by atoms with E-state index in [1.165, 1.54) is 0 Å². The van der Waals surface area contributed by atoms with Gasteiger partial charge in [-0.25, -0.2) is 9.67 Å². The molecule has 3 aromatic rings. The Morgan fingerprint density at radius 2 is 2.08 bits per heavy atom. The topological polar surface area (TPSA) is 59.8 Å². The summed E-state index contributed by atoms with van der Waals surface area (Å²) >= 11 is 0. The summed E-state index contributed by atoms with van der Waals surface area (Å²) in [6, 6.07) is 12.8. The van der Waals surface area contributed by atoms with Crippen LogP contribution in [0.2, 0.25) is 0 Å². The van der Waals surface area contributed by atoms with Crippen LogP contribution in [0.25, 0.3) is 5.69 Å². The summed E-state index contributed by atoms with van der Waals surface area (Å²) in [5.41, 5.74) is 2.77. The van der Waals surface area contributed by atoms with Gasteiger partial charge in [0.1, 0.15) is 5.69 Å². The minimum Gasteiger partial charge on any atom is -0.352 e. The molecule has 118 valence electrons. The van der Waals surface area contributed by atoms with Gasteiger partial charge in [0.15, 0.2) is 0 Å². The van der Waals surface area contributed by atoms with E-state index in [1.807, 2.05) is 43.5 Å². The van der Waals surface area contributed by atoms with E-state index in [4.69, 9.17) is 0 Å². The fourth-order valence-corrected chi connectivity index (χ4v) is 2.22. The number of nitrogens with zero attached hydrogens (tertiary/aromatic N) is 3. The molecule has 5 heteroatoms. The van der Waals surface area contributed by atoms with E-state index in [9.17, 15) is 4.79 Å². The summed E-state index contributed by atoms with van der Waals surface area (Å²) in [5, 5.41) is 7.04. The number of hydrogen-bond acceptors (Lipinski definition) is 3. The third kappa shape index (κ3) is 3.50. The van der Waals surface area contributed by atoms with Gasteiger partial charge in [-0.05, 0) is 49.2 Å². The number of amides is 1. The summed E-state index contributed by atoms with van der Waals surface area (Å²) in [5.74, 6) is 6.01. The second kappa shape index (κ2) is 7.25. The first kappa shape index (κ1) is 15.5. The Morgan fingerprint density at radius 1 is 1.17 bits per heavy atom. The van der Waals surface area contributed by atoms with E-state index in [0.29, 0.717) is 23.4 Å². The maximum absolute atomic E-state index is 12.1. The molecule has 0 bridgehead atoms. The van der Waals surface area contributed by atoms with Crippen molar-refractivity contribution in [3.05, 3.63) is 77.9 Å². The van der Waals surface area contributed by atoms with Crippen LogP contribution in [0, 0.1) is 11.8 Å². The Balaban J connectivity index is 2.04. The minimum absolute atomic E-state index is 0.120. The molecule has 0 unspecified atom stereocenters. The van der Waals surface area contributed by atoms with Crippen molar-refractivity contribution in [2.24, 2.45) is 0 Å². The first-order valence-corrected chi connectivity index (χ1v) is 7.63. The van der Waals surface area contributed by atoms with Gasteiger partial charge in [0.05, 0.1) is 11.3 Å². The van der Waals surface area contributed by atoms with Crippen molar-refractivity contribution in [2.45, 2.75) is 6.92 Å². The van der Waals surface area contributed by atoms with Gasteiger partial charge in [-0.2, -0.15) is 5.10 Å². The van der Waals surface area contributed by atoms with Crippen LogP contribution in [0.4, 0.5) is 0 Å². The zero-order valence-electron chi connectivity index (χ0n) is 13.2. The molecule has 0 fully saturated rings. The zero-order valence-corrected chi connectivity index (χ0v) is 13.2. The van der Waals surface area contributed by atoms with Crippen LogP contribution in [0.3, 0.4) is 0 Å². The molecule has 0 aliphatic carbocycles. The standard InChI is InChI=1S/C19H16N4O/c1-2-20-19(24)16-8-10-18(23-13-5-12-22-23)15(14-16)7-9-17-6-3-4-11-21-17/h3-6,8,10-14H,2H2,1H3,(H,20,24). The van der Waals surface area contributed by atoms with E-state index in [2.05, 4.69) is 27.2 Å². The average Bonchev–Trinajstić information content (AvgIpc) is 3.15. The third-order valence-electron chi connectivity index (χ3n) is 3.34. The molecule has 1 amide bonds. The molecule has 0 spiro atoms. The van der Waals surface area contributed by atoms with E-state index in [-0.39, 0.29) is 5.91 Å². The highest BCUT2D eigenvalue weighted by atomic mass is 16.1. The molecule has 0 saturated carbocycles. The molecule has 0 aliphatic heterocycles. The largest absolute Gasteiger partial charge is 0.352 e. The van der Waals surface area contributed by atoms with Crippen molar-refractivity contribution >= 4 is 5.91 Å². The molecule has 2 heterocycles. The predicted octanol–water partition coefficient (Wildman–Crippen LogP) is 2.42. The van der Waals surface area contributed by atoms with Crippen molar-refractivity contribution in [2.75, 3.05) is 6.54 Å². The highest BCUT2D eigenvalue weighted by molar-refractivity contribution is 5.94. The molecule has 0 atom stereocenters. The monoisotopic (exact) mass is 316 g/mol. The van der Waals surface area contributed by atoms with Crippen LogP contribution in [0.5, 0.6) is 0 Å². The molecule has 2 aromatic heterocycles. The fraction of sp³-hybridized carbons (Fsp3) is 0.105. The molecule has 3 rings (SSSR count).